The normalized spacial score (nSPS) is 11.3. The third kappa shape index (κ3) is 2.10. The maximum absolute atomic E-state index is 5.93. The number of halogens is 1. The lowest BCUT2D eigenvalue weighted by Gasteiger charge is -2.07. The summed E-state index contributed by atoms with van der Waals surface area (Å²) in [6.45, 7) is 2.12. The van der Waals surface area contributed by atoms with Crippen molar-refractivity contribution in [3.8, 4) is 5.69 Å². The number of rotatable bonds is 4. The SMILES string of the molecule is CCc1nn(C)cc1-n1c(CCCl)nc2ccccc21. The molecule has 0 aliphatic carbocycles. The van der Waals surface area contributed by atoms with E-state index in [9.17, 15) is 0 Å². The largest absolute Gasteiger partial charge is 0.293 e. The van der Waals surface area contributed by atoms with Crippen LogP contribution in [0.5, 0.6) is 0 Å². The van der Waals surface area contributed by atoms with Gasteiger partial charge in [-0.1, -0.05) is 19.1 Å². The zero-order valence-corrected chi connectivity index (χ0v) is 12.4. The van der Waals surface area contributed by atoms with Crippen LogP contribution in [0.2, 0.25) is 0 Å². The predicted molar refractivity (Wildman–Crippen MR) is 81.6 cm³/mol. The van der Waals surface area contributed by atoms with E-state index in [4.69, 9.17) is 16.6 Å². The first-order valence-electron chi connectivity index (χ1n) is 6.79. The summed E-state index contributed by atoms with van der Waals surface area (Å²) in [7, 11) is 1.95. The molecule has 0 radical (unpaired) electrons. The van der Waals surface area contributed by atoms with Crippen LogP contribution in [0.3, 0.4) is 0 Å². The first kappa shape index (κ1) is 13.2. The number of fused-ring (bicyclic) bond motifs is 1. The number of benzene rings is 1. The predicted octanol–water partition coefficient (Wildman–Crippen LogP) is 3.10. The van der Waals surface area contributed by atoms with Gasteiger partial charge in [-0.15, -0.1) is 11.6 Å². The van der Waals surface area contributed by atoms with E-state index in [0.717, 1.165) is 41.1 Å². The Morgan fingerprint density at radius 1 is 1.25 bits per heavy atom. The van der Waals surface area contributed by atoms with Crippen molar-refractivity contribution in [2.24, 2.45) is 7.05 Å². The fraction of sp³-hybridized carbons (Fsp3) is 0.333. The van der Waals surface area contributed by atoms with Crippen molar-refractivity contribution in [1.29, 1.82) is 0 Å². The topological polar surface area (TPSA) is 35.6 Å². The maximum Gasteiger partial charge on any atom is 0.115 e. The lowest BCUT2D eigenvalue weighted by molar-refractivity contribution is 0.746. The fourth-order valence-electron chi connectivity index (χ4n) is 2.56. The zero-order valence-electron chi connectivity index (χ0n) is 11.7. The molecule has 0 aliphatic rings. The molecule has 1 aromatic carbocycles. The van der Waals surface area contributed by atoms with Gasteiger partial charge in [0.1, 0.15) is 5.82 Å². The third-order valence-electron chi connectivity index (χ3n) is 3.41. The van der Waals surface area contributed by atoms with Crippen LogP contribution in [0.1, 0.15) is 18.4 Å². The highest BCUT2D eigenvalue weighted by Crippen LogP contribution is 2.24. The van der Waals surface area contributed by atoms with Gasteiger partial charge in [0.15, 0.2) is 0 Å². The van der Waals surface area contributed by atoms with Crippen molar-refractivity contribution in [2.75, 3.05) is 5.88 Å². The molecule has 2 aromatic heterocycles. The van der Waals surface area contributed by atoms with Gasteiger partial charge in [-0.2, -0.15) is 5.10 Å². The van der Waals surface area contributed by atoms with E-state index in [2.05, 4.69) is 22.7 Å². The standard InChI is InChI=1S/C15H17ClN4/c1-3-11-14(10-19(2)18-11)20-13-7-5-4-6-12(13)17-15(20)8-9-16/h4-7,10H,3,8-9H2,1-2H3. The van der Waals surface area contributed by atoms with Gasteiger partial charge in [-0.3, -0.25) is 9.25 Å². The van der Waals surface area contributed by atoms with Crippen LogP contribution < -0.4 is 0 Å². The van der Waals surface area contributed by atoms with Crippen molar-refractivity contribution >= 4 is 22.6 Å². The fourth-order valence-corrected chi connectivity index (χ4v) is 2.73. The molecule has 0 N–H and O–H groups in total. The average Bonchev–Trinajstić information content (AvgIpc) is 2.98. The Bertz CT molecular complexity index is 741. The molecule has 0 spiro atoms. The van der Waals surface area contributed by atoms with Crippen molar-refractivity contribution in [3.63, 3.8) is 0 Å². The number of alkyl halides is 1. The van der Waals surface area contributed by atoms with E-state index < -0.39 is 0 Å². The van der Waals surface area contributed by atoms with Gasteiger partial charge < -0.3 is 0 Å². The Labute approximate surface area is 123 Å². The van der Waals surface area contributed by atoms with Gasteiger partial charge in [0.25, 0.3) is 0 Å². The first-order chi connectivity index (χ1) is 9.74. The van der Waals surface area contributed by atoms with Crippen molar-refractivity contribution in [2.45, 2.75) is 19.8 Å². The Morgan fingerprint density at radius 2 is 2.05 bits per heavy atom. The molecule has 4 nitrogen and oxygen atoms in total. The monoisotopic (exact) mass is 288 g/mol. The summed E-state index contributed by atoms with van der Waals surface area (Å²) in [6, 6.07) is 8.17. The minimum Gasteiger partial charge on any atom is -0.293 e. The van der Waals surface area contributed by atoms with Gasteiger partial charge in [0.05, 0.1) is 22.4 Å². The van der Waals surface area contributed by atoms with E-state index in [1.165, 1.54) is 0 Å². The molecule has 0 aliphatic heterocycles. The van der Waals surface area contributed by atoms with Gasteiger partial charge in [0.2, 0.25) is 0 Å². The molecule has 5 heteroatoms. The lowest BCUT2D eigenvalue weighted by Crippen LogP contribution is -2.03. The summed E-state index contributed by atoms with van der Waals surface area (Å²) in [5, 5.41) is 4.53. The number of imidazole rings is 1. The highest BCUT2D eigenvalue weighted by molar-refractivity contribution is 6.17. The van der Waals surface area contributed by atoms with E-state index in [-0.39, 0.29) is 0 Å². The molecule has 3 rings (SSSR count). The Hall–Kier alpha value is -1.81. The molecule has 104 valence electrons. The van der Waals surface area contributed by atoms with Crippen LogP contribution in [0.15, 0.2) is 30.5 Å². The Morgan fingerprint density at radius 3 is 2.80 bits per heavy atom. The summed E-state index contributed by atoms with van der Waals surface area (Å²) < 4.78 is 4.04. The number of nitrogens with zero attached hydrogens (tertiary/aromatic N) is 4. The van der Waals surface area contributed by atoms with Crippen LogP contribution in [-0.4, -0.2) is 25.2 Å². The third-order valence-corrected chi connectivity index (χ3v) is 3.60. The van der Waals surface area contributed by atoms with Gasteiger partial charge in [0, 0.05) is 25.5 Å². The minimum absolute atomic E-state index is 0.561. The number of aromatic nitrogens is 4. The van der Waals surface area contributed by atoms with Crippen LogP contribution in [0.4, 0.5) is 0 Å². The second-order valence-corrected chi connectivity index (χ2v) is 5.16. The lowest BCUT2D eigenvalue weighted by atomic mass is 10.2. The van der Waals surface area contributed by atoms with E-state index >= 15 is 0 Å². The van der Waals surface area contributed by atoms with Crippen molar-refractivity contribution < 1.29 is 0 Å². The minimum atomic E-state index is 0.561. The maximum atomic E-state index is 5.93. The smallest absolute Gasteiger partial charge is 0.115 e. The highest BCUT2D eigenvalue weighted by atomic mass is 35.5. The molecular weight excluding hydrogens is 272 g/mol. The molecular formula is C15H17ClN4. The summed E-state index contributed by atoms with van der Waals surface area (Å²) >= 11 is 5.93. The second-order valence-electron chi connectivity index (χ2n) is 4.78. The molecule has 0 saturated heterocycles. The zero-order chi connectivity index (χ0) is 14.1. The molecule has 0 fully saturated rings. The number of hydrogen-bond acceptors (Lipinski definition) is 2. The first-order valence-corrected chi connectivity index (χ1v) is 7.33. The molecule has 0 atom stereocenters. The molecule has 20 heavy (non-hydrogen) atoms. The molecule has 0 bridgehead atoms. The average molecular weight is 289 g/mol. The summed E-state index contributed by atoms with van der Waals surface area (Å²) in [5.74, 6) is 1.55. The van der Waals surface area contributed by atoms with Crippen molar-refractivity contribution in [1.82, 2.24) is 19.3 Å². The van der Waals surface area contributed by atoms with Crippen LogP contribution in [-0.2, 0) is 19.9 Å². The number of hydrogen-bond donors (Lipinski definition) is 0. The summed E-state index contributed by atoms with van der Waals surface area (Å²) in [4.78, 5) is 4.70. The second kappa shape index (κ2) is 5.29. The molecule has 0 unspecified atom stereocenters. The van der Waals surface area contributed by atoms with Gasteiger partial charge >= 0.3 is 0 Å². The van der Waals surface area contributed by atoms with E-state index in [1.807, 2.05) is 36.1 Å². The van der Waals surface area contributed by atoms with Crippen LogP contribution >= 0.6 is 11.6 Å². The van der Waals surface area contributed by atoms with Crippen LogP contribution in [0, 0.1) is 0 Å². The number of aryl methyl sites for hydroxylation is 3. The quantitative estimate of drug-likeness (QED) is 0.692. The van der Waals surface area contributed by atoms with E-state index in [0.29, 0.717) is 5.88 Å². The van der Waals surface area contributed by atoms with Crippen molar-refractivity contribution in [3.05, 3.63) is 42.0 Å². The van der Waals surface area contributed by atoms with Gasteiger partial charge in [-0.05, 0) is 18.6 Å². The molecule has 0 amide bonds. The number of para-hydroxylation sites is 2. The van der Waals surface area contributed by atoms with Crippen LogP contribution in [0.25, 0.3) is 16.7 Å². The summed E-state index contributed by atoms with van der Waals surface area (Å²) in [6.07, 6.45) is 3.68. The molecule has 0 saturated carbocycles. The summed E-state index contributed by atoms with van der Waals surface area (Å²) in [5.41, 5.74) is 4.28. The Balaban J connectivity index is 2.29. The molecule has 3 aromatic rings. The van der Waals surface area contributed by atoms with E-state index in [1.54, 1.807) is 0 Å². The van der Waals surface area contributed by atoms with Gasteiger partial charge in [-0.25, -0.2) is 4.98 Å². The molecule has 2 heterocycles. The highest BCUT2D eigenvalue weighted by Gasteiger charge is 2.16. The Kier molecular flexibility index (Phi) is 3.49.